The summed E-state index contributed by atoms with van der Waals surface area (Å²) in [4.78, 5) is 7.70. The van der Waals surface area contributed by atoms with Gasteiger partial charge in [0.15, 0.2) is 0 Å². The lowest BCUT2D eigenvalue weighted by atomic mass is 10.3. The summed E-state index contributed by atoms with van der Waals surface area (Å²) in [6, 6.07) is 7.63. The van der Waals surface area contributed by atoms with Crippen LogP contribution in [0.4, 0.5) is 5.69 Å². The molecule has 0 aliphatic rings. The van der Waals surface area contributed by atoms with Gasteiger partial charge >= 0.3 is 0 Å². The Morgan fingerprint density at radius 3 is 2.76 bits per heavy atom. The van der Waals surface area contributed by atoms with Gasteiger partial charge in [-0.25, -0.2) is 9.67 Å². The Kier molecular flexibility index (Phi) is 1.95. The van der Waals surface area contributed by atoms with Crippen LogP contribution in [0.2, 0.25) is 0 Å². The van der Waals surface area contributed by atoms with Crippen LogP contribution in [0.1, 0.15) is 11.4 Å². The zero-order valence-corrected chi connectivity index (χ0v) is 9.73. The maximum Gasteiger partial charge on any atom is 0.229 e. The zero-order chi connectivity index (χ0) is 12.0. The van der Waals surface area contributed by atoms with E-state index < -0.39 is 0 Å². The van der Waals surface area contributed by atoms with Crippen LogP contribution < -0.4 is 5.73 Å². The van der Waals surface area contributed by atoms with Crippen LogP contribution in [-0.2, 0) is 0 Å². The second kappa shape index (κ2) is 3.35. The second-order valence-corrected chi connectivity index (χ2v) is 4.18. The summed E-state index contributed by atoms with van der Waals surface area (Å²) in [7, 11) is 0. The van der Waals surface area contributed by atoms with Crippen LogP contribution in [-0.4, -0.2) is 19.7 Å². The standard InChI is InChI=1S/C12H13N5/c1-7-5-8(2)17(16-7)12-14-10-4-3-9(13)6-11(10)15-12/h3-6H,13H2,1-2H3,(H,14,15). The molecule has 0 saturated carbocycles. The molecule has 0 atom stereocenters. The molecule has 17 heavy (non-hydrogen) atoms. The zero-order valence-electron chi connectivity index (χ0n) is 9.73. The molecule has 5 heteroatoms. The van der Waals surface area contributed by atoms with Crippen molar-refractivity contribution in [3.8, 4) is 5.95 Å². The molecule has 2 aromatic heterocycles. The van der Waals surface area contributed by atoms with Crippen LogP contribution in [0, 0.1) is 13.8 Å². The minimum Gasteiger partial charge on any atom is -0.399 e. The molecule has 1 aromatic carbocycles. The molecule has 0 amide bonds. The van der Waals surface area contributed by atoms with Gasteiger partial charge in [0.2, 0.25) is 5.95 Å². The summed E-state index contributed by atoms with van der Waals surface area (Å²) in [5.41, 5.74) is 10.3. The number of nitrogens with two attached hydrogens (primary N) is 1. The molecule has 0 unspecified atom stereocenters. The number of aryl methyl sites for hydroxylation is 2. The second-order valence-electron chi connectivity index (χ2n) is 4.18. The number of H-pyrrole nitrogens is 1. The summed E-state index contributed by atoms with van der Waals surface area (Å²) in [6.45, 7) is 3.96. The lowest BCUT2D eigenvalue weighted by molar-refractivity contribution is 0.790. The molecule has 2 heterocycles. The van der Waals surface area contributed by atoms with Crippen LogP contribution in [0.5, 0.6) is 0 Å². The molecule has 0 radical (unpaired) electrons. The number of aromatic nitrogens is 4. The SMILES string of the molecule is Cc1cc(C)n(-c2nc3ccc(N)cc3[nH]2)n1. The predicted octanol–water partition coefficient (Wildman–Crippen LogP) is 1.95. The molecule has 0 aliphatic carbocycles. The molecule has 0 aliphatic heterocycles. The van der Waals surface area contributed by atoms with Gasteiger partial charge in [-0.15, -0.1) is 0 Å². The first-order chi connectivity index (χ1) is 8.13. The first-order valence-electron chi connectivity index (χ1n) is 5.42. The fourth-order valence-corrected chi connectivity index (χ4v) is 1.96. The number of nitrogen functional groups attached to an aromatic ring is 1. The molecule has 86 valence electrons. The van der Waals surface area contributed by atoms with Gasteiger partial charge in [-0.3, -0.25) is 0 Å². The maximum absolute atomic E-state index is 5.74. The summed E-state index contributed by atoms with van der Waals surface area (Å²) < 4.78 is 1.80. The molecule has 0 bridgehead atoms. The number of hydrogen-bond donors (Lipinski definition) is 2. The van der Waals surface area contributed by atoms with Gasteiger partial charge in [0.25, 0.3) is 0 Å². The third-order valence-electron chi connectivity index (χ3n) is 2.70. The molecule has 3 N–H and O–H groups in total. The predicted molar refractivity (Wildman–Crippen MR) is 67.1 cm³/mol. The van der Waals surface area contributed by atoms with Crippen molar-refractivity contribution in [3.05, 3.63) is 35.7 Å². The van der Waals surface area contributed by atoms with Gasteiger partial charge in [-0.2, -0.15) is 5.10 Å². The average molecular weight is 227 g/mol. The van der Waals surface area contributed by atoms with E-state index in [0.717, 1.165) is 34.1 Å². The van der Waals surface area contributed by atoms with Crippen LogP contribution in [0.25, 0.3) is 17.0 Å². The van der Waals surface area contributed by atoms with E-state index >= 15 is 0 Å². The molecule has 0 spiro atoms. The Morgan fingerprint density at radius 1 is 1.24 bits per heavy atom. The monoisotopic (exact) mass is 227 g/mol. The molecule has 0 saturated heterocycles. The number of fused-ring (bicyclic) bond motifs is 1. The number of imidazole rings is 1. The highest BCUT2D eigenvalue weighted by atomic mass is 15.4. The van der Waals surface area contributed by atoms with Gasteiger partial charge in [0.1, 0.15) is 0 Å². The largest absolute Gasteiger partial charge is 0.399 e. The van der Waals surface area contributed by atoms with Crippen molar-refractivity contribution in [3.63, 3.8) is 0 Å². The summed E-state index contributed by atoms with van der Waals surface area (Å²) >= 11 is 0. The van der Waals surface area contributed by atoms with Gasteiger partial charge < -0.3 is 10.7 Å². The number of hydrogen-bond acceptors (Lipinski definition) is 3. The highest BCUT2D eigenvalue weighted by Crippen LogP contribution is 2.17. The molecule has 5 nitrogen and oxygen atoms in total. The smallest absolute Gasteiger partial charge is 0.229 e. The number of anilines is 1. The van der Waals surface area contributed by atoms with Gasteiger partial charge in [-0.05, 0) is 38.1 Å². The van der Waals surface area contributed by atoms with Crippen LogP contribution >= 0.6 is 0 Å². The summed E-state index contributed by atoms with van der Waals surface area (Å²) in [6.07, 6.45) is 0. The molecular formula is C12H13N5. The van der Waals surface area contributed by atoms with Crippen molar-refractivity contribution >= 4 is 16.7 Å². The Bertz CT molecular complexity index is 692. The average Bonchev–Trinajstić information content (AvgIpc) is 2.80. The van der Waals surface area contributed by atoms with Gasteiger partial charge in [0, 0.05) is 11.4 Å². The summed E-state index contributed by atoms with van der Waals surface area (Å²) in [5.74, 6) is 0.719. The number of aromatic amines is 1. The van der Waals surface area contributed by atoms with E-state index in [9.17, 15) is 0 Å². The quantitative estimate of drug-likeness (QED) is 0.624. The van der Waals surface area contributed by atoms with Crippen LogP contribution in [0.3, 0.4) is 0 Å². The van der Waals surface area contributed by atoms with Crippen molar-refractivity contribution in [1.82, 2.24) is 19.7 Å². The highest BCUT2D eigenvalue weighted by molar-refractivity contribution is 5.79. The van der Waals surface area contributed by atoms with Crippen molar-refractivity contribution < 1.29 is 0 Å². The number of rotatable bonds is 1. The molecule has 3 rings (SSSR count). The van der Waals surface area contributed by atoms with E-state index in [1.54, 1.807) is 4.68 Å². The van der Waals surface area contributed by atoms with E-state index in [1.165, 1.54) is 0 Å². The van der Waals surface area contributed by atoms with E-state index in [1.807, 2.05) is 38.1 Å². The third kappa shape index (κ3) is 1.56. The Hall–Kier alpha value is -2.30. The van der Waals surface area contributed by atoms with Crippen molar-refractivity contribution in [1.29, 1.82) is 0 Å². The fraction of sp³-hybridized carbons (Fsp3) is 0.167. The molecule has 0 fully saturated rings. The van der Waals surface area contributed by atoms with E-state index in [2.05, 4.69) is 15.1 Å². The summed E-state index contributed by atoms with van der Waals surface area (Å²) in [5, 5.41) is 4.39. The molecule has 3 aromatic rings. The minimum atomic E-state index is 0.719. The van der Waals surface area contributed by atoms with E-state index in [4.69, 9.17) is 5.73 Å². The Balaban J connectivity index is 2.21. The molecular weight excluding hydrogens is 214 g/mol. The van der Waals surface area contributed by atoms with Gasteiger partial charge in [0.05, 0.1) is 16.7 Å². The lowest BCUT2D eigenvalue weighted by Crippen LogP contribution is -2.00. The van der Waals surface area contributed by atoms with Crippen LogP contribution in [0.15, 0.2) is 24.3 Å². The van der Waals surface area contributed by atoms with Crippen molar-refractivity contribution in [2.24, 2.45) is 0 Å². The number of nitrogens with one attached hydrogen (secondary N) is 1. The number of nitrogens with zero attached hydrogens (tertiary/aromatic N) is 3. The Morgan fingerprint density at radius 2 is 2.06 bits per heavy atom. The van der Waals surface area contributed by atoms with E-state index in [0.29, 0.717) is 0 Å². The van der Waals surface area contributed by atoms with E-state index in [-0.39, 0.29) is 0 Å². The minimum absolute atomic E-state index is 0.719. The first kappa shape index (κ1) is 9.89. The number of benzene rings is 1. The Labute approximate surface area is 98.3 Å². The lowest BCUT2D eigenvalue weighted by Gasteiger charge is -1.97. The third-order valence-corrected chi connectivity index (χ3v) is 2.70. The normalized spacial score (nSPS) is 11.2. The first-order valence-corrected chi connectivity index (χ1v) is 5.42. The maximum atomic E-state index is 5.74. The van der Waals surface area contributed by atoms with Crippen molar-refractivity contribution in [2.45, 2.75) is 13.8 Å². The van der Waals surface area contributed by atoms with Crippen molar-refractivity contribution in [2.75, 3.05) is 5.73 Å². The topological polar surface area (TPSA) is 72.5 Å². The van der Waals surface area contributed by atoms with Gasteiger partial charge in [-0.1, -0.05) is 0 Å². The highest BCUT2D eigenvalue weighted by Gasteiger charge is 2.08. The fourth-order valence-electron chi connectivity index (χ4n) is 1.96.